The van der Waals surface area contributed by atoms with Crippen molar-refractivity contribution >= 4 is 21.9 Å². The summed E-state index contributed by atoms with van der Waals surface area (Å²) in [5, 5.41) is 13.0. The minimum Gasteiger partial charge on any atom is -0.497 e. The third kappa shape index (κ3) is 4.79. The molecule has 148 valence electrons. The third-order valence-corrected chi connectivity index (χ3v) is 4.87. The summed E-state index contributed by atoms with van der Waals surface area (Å²) in [6.07, 6.45) is 7.36. The van der Waals surface area contributed by atoms with Gasteiger partial charge in [0.05, 0.1) is 25.4 Å². The van der Waals surface area contributed by atoms with Gasteiger partial charge < -0.3 is 19.7 Å². The summed E-state index contributed by atoms with van der Waals surface area (Å²) < 4.78 is 7.26. The Hall–Kier alpha value is -2.64. The fourth-order valence-corrected chi connectivity index (χ4v) is 3.37. The molecule has 1 unspecified atom stereocenters. The van der Waals surface area contributed by atoms with Crippen LogP contribution in [-0.4, -0.2) is 34.8 Å². The van der Waals surface area contributed by atoms with E-state index >= 15 is 0 Å². The molecule has 1 aromatic carbocycles. The molecule has 0 saturated heterocycles. The van der Waals surface area contributed by atoms with Crippen LogP contribution in [0.2, 0.25) is 0 Å². The van der Waals surface area contributed by atoms with E-state index in [1.54, 1.807) is 24.8 Å². The second-order valence-electron chi connectivity index (χ2n) is 5.97. The van der Waals surface area contributed by atoms with Crippen molar-refractivity contribution in [3.8, 4) is 5.75 Å². The zero-order chi connectivity index (χ0) is 20.7. The van der Waals surface area contributed by atoms with E-state index in [1.165, 1.54) is 0 Å². The standard InChI is InChI=1S/C21H24BrN3O3/c1-5-7-8-15(6-2)17(23-3)18-19(20(26)27)25(21(22)24-18)13-14-9-11-16(28-4)12-10-14/h5-12,17,23H,2,13H2,1,3-4H3,(H,26,27)/b7-5-,15-8+. The maximum Gasteiger partial charge on any atom is 0.354 e. The van der Waals surface area contributed by atoms with Gasteiger partial charge >= 0.3 is 5.97 Å². The predicted molar refractivity (Wildman–Crippen MR) is 114 cm³/mol. The average molecular weight is 446 g/mol. The number of nitrogens with zero attached hydrogens (tertiary/aromatic N) is 2. The number of aromatic nitrogens is 2. The highest BCUT2D eigenvalue weighted by molar-refractivity contribution is 9.10. The monoisotopic (exact) mass is 445 g/mol. The third-order valence-electron chi connectivity index (χ3n) is 4.26. The van der Waals surface area contributed by atoms with Gasteiger partial charge in [0.25, 0.3) is 0 Å². The van der Waals surface area contributed by atoms with Crippen molar-refractivity contribution in [1.82, 2.24) is 14.9 Å². The van der Waals surface area contributed by atoms with Crippen LogP contribution < -0.4 is 10.1 Å². The molecule has 1 heterocycles. The molecule has 1 aromatic heterocycles. The van der Waals surface area contributed by atoms with E-state index in [4.69, 9.17) is 4.74 Å². The Morgan fingerprint density at radius 3 is 2.61 bits per heavy atom. The first-order valence-corrected chi connectivity index (χ1v) is 9.50. The highest BCUT2D eigenvalue weighted by Gasteiger charge is 2.28. The van der Waals surface area contributed by atoms with E-state index in [0.29, 0.717) is 17.0 Å². The largest absolute Gasteiger partial charge is 0.497 e. The van der Waals surface area contributed by atoms with E-state index in [1.807, 2.05) is 49.4 Å². The first kappa shape index (κ1) is 21.7. The second-order valence-corrected chi connectivity index (χ2v) is 6.68. The SMILES string of the molecule is C=C/C(=C\C=C/C)C(NC)c1nc(Br)n(Cc2ccc(OC)cc2)c1C(=O)O. The van der Waals surface area contributed by atoms with Gasteiger partial charge in [0, 0.05) is 0 Å². The van der Waals surface area contributed by atoms with Gasteiger partial charge in [-0.1, -0.05) is 43.0 Å². The summed E-state index contributed by atoms with van der Waals surface area (Å²) in [5.74, 6) is -0.302. The Bertz CT molecular complexity index is 898. The number of rotatable bonds is 9. The Morgan fingerprint density at radius 1 is 1.43 bits per heavy atom. The Morgan fingerprint density at radius 2 is 2.11 bits per heavy atom. The number of methoxy groups -OCH3 is 1. The van der Waals surface area contributed by atoms with Gasteiger partial charge in [-0.2, -0.15) is 0 Å². The molecule has 2 aromatic rings. The van der Waals surface area contributed by atoms with Crippen molar-refractivity contribution in [1.29, 1.82) is 0 Å². The molecule has 1 atom stereocenters. The number of imidazole rings is 1. The molecule has 0 saturated carbocycles. The lowest BCUT2D eigenvalue weighted by atomic mass is 10.0. The fraction of sp³-hybridized carbons (Fsp3) is 0.238. The number of carboxylic acid groups (broad SMARTS) is 1. The Balaban J connectivity index is 2.52. The minimum absolute atomic E-state index is 0.121. The number of hydrogen-bond acceptors (Lipinski definition) is 4. The van der Waals surface area contributed by atoms with Crippen LogP contribution in [0, 0.1) is 0 Å². The fourth-order valence-electron chi connectivity index (χ4n) is 2.88. The van der Waals surface area contributed by atoms with Crippen molar-refractivity contribution < 1.29 is 14.6 Å². The van der Waals surface area contributed by atoms with Crippen LogP contribution in [0.1, 0.15) is 34.7 Å². The highest BCUT2D eigenvalue weighted by Crippen LogP contribution is 2.29. The quantitative estimate of drug-likeness (QED) is 0.561. The van der Waals surface area contributed by atoms with Crippen molar-refractivity contribution in [2.45, 2.75) is 19.5 Å². The number of halogens is 1. The maximum absolute atomic E-state index is 12.1. The summed E-state index contributed by atoms with van der Waals surface area (Å²) in [5.41, 5.74) is 2.30. The first-order chi connectivity index (χ1) is 13.5. The summed E-state index contributed by atoms with van der Waals surface area (Å²) in [4.78, 5) is 16.6. The average Bonchev–Trinajstić information content (AvgIpc) is 3.01. The molecule has 0 aliphatic rings. The van der Waals surface area contributed by atoms with Crippen LogP contribution in [0.4, 0.5) is 0 Å². The van der Waals surface area contributed by atoms with Crippen LogP contribution >= 0.6 is 15.9 Å². The van der Waals surface area contributed by atoms with E-state index in [2.05, 4.69) is 32.8 Å². The number of nitrogens with one attached hydrogen (secondary N) is 1. The van der Waals surface area contributed by atoms with Gasteiger partial charge in [-0.05, 0) is 53.2 Å². The van der Waals surface area contributed by atoms with E-state index in [9.17, 15) is 9.90 Å². The molecule has 0 amide bonds. The number of allylic oxidation sites excluding steroid dienone is 3. The van der Waals surface area contributed by atoms with Gasteiger partial charge in [-0.3, -0.25) is 0 Å². The van der Waals surface area contributed by atoms with Crippen LogP contribution in [0.15, 0.2) is 65.5 Å². The topological polar surface area (TPSA) is 76.4 Å². The molecule has 0 radical (unpaired) electrons. The number of aromatic carboxylic acids is 1. The number of benzene rings is 1. The number of hydrogen-bond donors (Lipinski definition) is 2. The molecule has 2 rings (SSSR count). The smallest absolute Gasteiger partial charge is 0.354 e. The minimum atomic E-state index is -1.04. The maximum atomic E-state index is 12.1. The number of likely N-dealkylation sites (N-methyl/N-ethyl adjacent to an activating group) is 1. The Labute approximate surface area is 173 Å². The molecule has 2 N–H and O–H groups in total. The molecular weight excluding hydrogens is 422 g/mol. The molecule has 0 bridgehead atoms. The van der Waals surface area contributed by atoms with E-state index in [0.717, 1.165) is 16.9 Å². The van der Waals surface area contributed by atoms with Crippen LogP contribution in [0.3, 0.4) is 0 Å². The molecule has 28 heavy (non-hydrogen) atoms. The van der Waals surface area contributed by atoms with Crippen molar-refractivity contribution in [3.63, 3.8) is 0 Å². The lowest BCUT2D eigenvalue weighted by molar-refractivity contribution is 0.0683. The summed E-state index contributed by atoms with van der Waals surface area (Å²) >= 11 is 3.42. The summed E-state index contributed by atoms with van der Waals surface area (Å²) in [7, 11) is 3.37. The van der Waals surface area contributed by atoms with Crippen LogP contribution in [0.25, 0.3) is 0 Å². The predicted octanol–water partition coefficient (Wildman–Crippen LogP) is 4.35. The lowest BCUT2D eigenvalue weighted by Crippen LogP contribution is -2.22. The lowest BCUT2D eigenvalue weighted by Gasteiger charge is -2.17. The van der Waals surface area contributed by atoms with Gasteiger partial charge in [0.15, 0.2) is 10.4 Å². The highest BCUT2D eigenvalue weighted by atomic mass is 79.9. The molecule has 0 aliphatic carbocycles. The van der Waals surface area contributed by atoms with Gasteiger partial charge in [0.1, 0.15) is 5.75 Å². The van der Waals surface area contributed by atoms with Gasteiger partial charge in [-0.25, -0.2) is 9.78 Å². The molecule has 0 spiro atoms. The second kappa shape index (κ2) is 10.1. The molecule has 6 nitrogen and oxygen atoms in total. The van der Waals surface area contributed by atoms with Crippen LogP contribution in [-0.2, 0) is 6.54 Å². The van der Waals surface area contributed by atoms with Gasteiger partial charge in [0.2, 0.25) is 0 Å². The van der Waals surface area contributed by atoms with E-state index < -0.39 is 12.0 Å². The first-order valence-electron chi connectivity index (χ1n) is 8.71. The Kier molecular flexibility index (Phi) is 7.78. The zero-order valence-electron chi connectivity index (χ0n) is 16.1. The zero-order valence-corrected chi connectivity index (χ0v) is 17.7. The van der Waals surface area contributed by atoms with Gasteiger partial charge in [-0.15, -0.1) is 0 Å². The van der Waals surface area contributed by atoms with Crippen molar-refractivity contribution in [3.05, 3.63) is 82.4 Å². The normalized spacial score (nSPS) is 12.9. The number of carbonyl (C=O) groups is 1. The molecule has 0 aliphatic heterocycles. The number of ether oxygens (including phenoxy) is 1. The molecule has 0 fully saturated rings. The number of carboxylic acids is 1. The molecule has 7 heteroatoms. The van der Waals surface area contributed by atoms with Crippen molar-refractivity contribution in [2.75, 3.05) is 14.2 Å². The van der Waals surface area contributed by atoms with Crippen molar-refractivity contribution in [2.24, 2.45) is 0 Å². The summed E-state index contributed by atoms with van der Waals surface area (Å²) in [6.45, 7) is 6.12. The molecular formula is C21H24BrN3O3. The van der Waals surface area contributed by atoms with Crippen LogP contribution in [0.5, 0.6) is 5.75 Å². The summed E-state index contributed by atoms with van der Waals surface area (Å²) in [6, 6.07) is 7.06. The van der Waals surface area contributed by atoms with E-state index in [-0.39, 0.29) is 5.69 Å².